The summed E-state index contributed by atoms with van der Waals surface area (Å²) < 4.78 is 55.9. The van der Waals surface area contributed by atoms with Gasteiger partial charge < -0.3 is 14.4 Å². The van der Waals surface area contributed by atoms with Crippen LogP contribution in [-0.2, 0) is 25.4 Å². The van der Waals surface area contributed by atoms with Crippen molar-refractivity contribution in [2.24, 2.45) is 0 Å². The number of halogens is 3. The second kappa shape index (κ2) is 14.4. The fourth-order valence-electron chi connectivity index (χ4n) is 3.72. The Kier molecular flexibility index (Phi) is 11.9. The van der Waals surface area contributed by atoms with Gasteiger partial charge in [0.2, 0.25) is 0 Å². The van der Waals surface area contributed by atoms with Crippen LogP contribution in [-0.4, -0.2) is 86.9 Å². The number of carbonyl (C=O) groups excluding carboxylic acids is 1. The molecule has 1 aromatic heterocycles. The first-order chi connectivity index (χ1) is 19.5. The summed E-state index contributed by atoms with van der Waals surface area (Å²) in [6.07, 6.45) is -0.494. The summed E-state index contributed by atoms with van der Waals surface area (Å²) in [5, 5.41) is 0.181. The van der Waals surface area contributed by atoms with E-state index >= 15 is 0 Å². The topological polar surface area (TPSA) is 105 Å². The van der Waals surface area contributed by atoms with Crippen molar-refractivity contribution in [3.05, 3.63) is 45.8 Å². The van der Waals surface area contributed by atoms with Crippen LogP contribution in [0.3, 0.4) is 0 Å². The van der Waals surface area contributed by atoms with Crippen molar-refractivity contribution in [1.29, 1.82) is 0 Å². The minimum atomic E-state index is -4.15. The third kappa shape index (κ3) is 10.2. The molecule has 234 valence electrons. The van der Waals surface area contributed by atoms with Crippen molar-refractivity contribution in [1.82, 2.24) is 19.2 Å². The van der Waals surface area contributed by atoms with Crippen molar-refractivity contribution < 1.29 is 27.1 Å². The highest BCUT2D eigenvalue weighted by Crippen LogP contribution is 2.29. The zero-order valence-corrected chi connectivity index (χ0v) is 28.8. The molecule has 2 aromatic rings. The molecular weight excluding hydrogens is 644 g/mol. The summed E-state index contributed by atoms with van der Waals surface area (Å²) in [6, 6.07) is 6.88. The highest BCUT2D eigenvalue weighted by molar-refractivity contribution is 7.98. The fourth-order valence-corrected chi connectivity index (χ4v) is 7.17. The molecule has 42 heavy (non-hydrogen) atoms. The molecule has 1 aliphatic rings. The second-order valence-corrected chi connectivity index (χ2v) is 21.1. The molecule has 0 bridgehead atoms. The number of aromatic nitrogens is 2. The van der Waals surface area contributed by atoms with Gasteiger partial charge in [0.1, 0.15) is 23.3 Å². The van der Waals surface area contributed by atoms with E-state index in [1.54, 1.807) is 32.9 Å². The van der Waals surface area contributed by atoms with Crippen molar-refractivity contribution in [2.45, 2.75) is 63.0 Å². The van der Waals surface area contributed by atoms with E-state index in [0.717, 1.165) is 22.1 Å². The molecule has 10 nitrogen and oxygen atoms in total. The molecule has 0 atom stereocenters. The van der Waals surface area contributed by atoms with E-state index in [4.69, 9.17) is 32.7 Å². The SMILES string of the molecule is CC(C)(C)OC(=O)N1CCN(S(=O)(=O)N(COCC[Si](C)(C)C)c2cc(Cl)nc(SCc3cccc(Cl)c3F)n2)CC1. The highest BCUT2D eigenvalue weighted by atomic mass is 35.5. The Morgan fingerprint density at radius 2 is 1.81 bits per heavy atom. The average molecular weight is 683 g/mol. The van der Waals surface area contributed by atoms with Gasteiger partial charge >= 0.3 is 16.3 Å². The molecule has 16 heteroatoms. The van der Waals surface area contributed by atoms with Gasteiger partial charge in [0.15, 0.2) is 11.0 Å². The van der Waals surface area contributed by atoms with Crippen LogP contribution in [0.25, 0.3) is 0 Å². The first-order valence-electron chi connectivity index (χ1n) is 13.4. The summed E-state index contributed by atoms with van der Waals surface area (Å²) in [5.74, 6) is -0.371. The first kappa shape index (κ1) is 34.8. The lowest BCUT2D eigenvalue weighted by Gasteiger charge is -2.37. The molecule has 3 rings (SSSR count). The second-order valence-electron chi connectivity index (χ2n) is 11.9. The molecule has 1 saturated heterocycles. The van der Waals surface area contributed by atoms with Gasteiger partial charge in [-0.25, -0.2) is 23.5 Å². The first-order valence-corrected chi connectivity index (χ1v) is 20.2. The maximum atomic E-state index is 14.4. The Morgan fingerprint density at radius 1 is 1.14 bits per heavy atom. The molecular formula is C26H38Cl2FN5O5S2Si. The summed E-state index contributed by atoms with van der Waals surface area (Å²) in [7, 11) is -5.59. The lowest BCUT2D eigenvalue weighted by atomic mass is 10.2. The zero-order valence-electron chi connectivity index (χ0n) is 24.7. The number of carbonyl (C=O) groups is 1. The Hall–Kier alpha value is -1.68. The van der Waals surface area contributed by atoms with Crippen LogP contribution in [0.4, 0.5) is 15.0 Å². The molecule has 0 spiro atoms. The van der Waals surface area contributed by atoms with E-state index in [1.807, 2.05) is 0 Å². The van der Waals surface area contributed by atoms with Gasteiger partial charge in [0.05, 0.1) is 5.02 Å². The van der Waals surface area contributed by atoms with Crippen LogP contribution in [0.5, 0.6) is 0 Å². The van der Waals surface area contributed by atoms with Gasteiger partial charge in [0, 0.05) is 52.7 Å². The quantitative estimate of drug-likeness (QED) is 0.0697. The van der Waals surface area contributed by atoms with Crippen molar-refractivity contribution in [2.75, 3.05) is 43.8 Å². The number of amides is 1. The van der Waals surface area contributed by atoms with E-state index in [9.17, 15) is 17.6 Å². The Balaban J connectivity index is 1.83. The van der Waals surface area contributed by atoms with Crippen LogP contribution in [0.15, 0.2) is 29.4 Å². The van der Waals surface area contributed by atoms with E-state index in [2.05, 4.69) is 29.6 Å². The van der Waals surface area contributed by atoms with E-state index in [0.29, 0.717) is 12.2 Å². The predicted molar refractivity (Wildman–Crippen MR) is 168 cm³/mol. The van der Waals surface area contributed by atoms with Crippen LogP contribution in [0.1, 0.15) is 26.3 Å². The molecule has 0 N–H and O–H groups in total. The molecule has 0 radical (unpaired) electrons. The molecule has 1 aromatic carbocycles. The minimum Gasteiger partial charge on any atom is -0.444 e. The largest absolute Gasteiger partial charge is 0.444 e. The number of rotatable bonds is 11. The number of nitrogens with zero attached hydrogens (tertiary/aromatic N) is 5. The Bertz CT molecular complexity index is 1350. The number of hydrogen-bond acceptors (Lipinski definition) is 8. The third-order valence-electron chi connectivity index (χ3n) is 6.00. The van der Waals surface area contributed by atoms with Crippen molar-refractivity contribution in [3.8, 4) is 0 Å². The summed E-state index contributed by atoms with van der Waals surface area (Å²) in [5.41, 5.74) is -0.315. The van der Waals surface area contributed by atoms with E-state index in [1.165, 1.54) is 21.3 Å². The van der Waals surface area contributed by atoms with Gasteiger partial charge in [-0.2, -0.15) is 12.7 Å². The van der Waals surface area contributed by atoms with Gasteiger partial charge in [0.25, 0.3) is 0 Å². The van der Waals surface area contributed by atoms with Crippen LogP contribution in [0.2, 0.25) is 35.9 Å². The number of ether oxygens (including phenoxy) is 2. The molecule has 2 heterocycles. The van der Waals surface area contributed by atoms with E-state index < -0.39 is 35.8 Å². The average Bonchev–Trinajstić information content (AvgIpc) is 2.87. The predicted octanol–water partition coefficient (Wildman–Crippen LogP) is 6.13. The minimum absolute atomic E-state index is 0.000280. The van der Waals surface area contributed by atoms with Gasteiger partial charge in [-0.1, -0.05) is 66.7 Å². The summed E-state index contributed by atoms with van der Waals surface area (Å²) in [6.45, 7) is 12.4. The van der Waals surface area contributed by atoms with Crippen LogP contribution in [0, 0.1) is 5.82 Å². The van der Waals surface area contributed by atoms with Crippen molar-refractivity contribution in [3.63, 3.8) is 0 Å². The van der Waals surface area contributed by atoms with Crippen LogP contribution >= 0.6 is 35.0 Å². The summed E-state index contributed by atoms with van der Waals surface area (Å²) >= 11 is 13.3. The van der Waals surface area contributed by atoms with Crippen LogP contribution < -0.4 is 4.31 Å². The lowest BCUT2D eigenvalue weighted by Crippen LogP contribution is -2.55. The Morgan fingerprint density at radius 3 is 2.43 bits per heavy atom. The highest BCUT2D eigenvalue weighted by Gasteiger charge is 2.36. The smallest absolute Gasteiger partial charge is 0.410 e. The van der Waals surface area contributed by atoms with Crippen molar-refractivity contribution >= 4 is 65.2 Å². The van der Waals surface area contributed by atoms with Gasteiger partial charge in [-0.05, 0) is 38.4 Å². The monoisotopic (exact) mass is 681 g/mol. The molecule has 0 aliphatic carbocycles. The number of anilines is 1. The van der Waals surface area contributed by atoms with Gasteiger partial charge in [-0.3, -0.25) is 0 Å². The third-order valence-corrected chi connectivity index (χ3v) is 11.0. The number of thioether (sulfide) groups is 1. The fraction of sp³-hybridized carbons (Fsp3) is 0.577. The number of benzene rings is 1. The standard InChI is InChI=1S/C26H38Cl2FN5O5S2Si/c1-26(2,3)39-25(35)32-10-12-33(13-11-32)41(36,37)34(18-38-14-15-42(4,5)6)22-16-21(28)30-24(31-22)40-17-19-8-7-9-20(27)23(19)29/h7-9,16H,10-15,17-18H2,1-6H3. The normalized spacial score (nSPS) is 15.1. The summed E-state index contributed by atoms with van der Waals surface area (Å²) in [4.78, 5) is 22.6. The molecule has 1 aliphatic heterocycles. The molecule has 1 fully saturated rings. The van der Waals surface area contributed by atoms with E-state index in [-0.39, 0.29) is 59.8 Å². The maximum Gasteiger partial charge on any atom is 0.410 e. The molecule has 1 amide bonds. The lowest BCUT2D eigenvalue weighted by molar-refractivity contribution is 0.0192. The van der Waals surface area contributed by atoms with Gasteiger partial charge in [-0.15, -0.1) is 0 Å². The zero-order chi connectivity index (χ0) is 31.3. The Labute approximate surface area is 263 Å². The number of piperazine rings is 1. The maximum absolute atomic E-state index is 14.4. The molecule has 0 unspecified atom stereocenters. The molecule has 0 saturated carbocycles. The number of hydrogen-bond donors (Lipinski definition) is 0.